The van der Waals surface area contributed by atoms with E-state index in [0.717, 1.165) is 0 Å². The van der Waals surface area contributed by atoms with Crippen molar-refractivity contribution < 1.29 is 4.79 Å². The number of hydrogen-bond acceptors (Lipinski definition) is 3. The zero-order valence-electron chi connectivity index (χ0n) is 9.13. The molecule has 1 atom stereocenters. The lowest BCUT2D eigenvalue weighted by Gasteiger charge is -2.12. The van der Waals surface area contributed by atoms with Gasteiger partial charge in [0.05, 0.1) is 0 Å². The highest BCUT2D eigenvalue weighted by Gasteiger charge is 2.17. The van der Waals surface area contributed by atoms with E-state index in [0.29, 0.717) is 24.5 Å². The zero-order chi connectivity index (χ0) is 10.6. The van der Waals surface area contributed by atoms with Crippen LogP contribution in [0, 0.1) is 5.92 Å². The lowest BCUT2D eigenvalue weighted by Crippen LogP contribution is -2.05. The van der Waals surface area contributed by atoms with Gasteiger partial charge < -0.3 is 0 Å². The molecule has 0 aromatic carbocycles. The standard InChI is InChI=1S/C11H18OS2/c1-4-10(12)7-8(2)9(3)11-13-5-6-14-11/h8H,4-7H2,1-3H3. The first-order chi connectivity index (χ1) is 6.65. The summed E-state index contributed by atoms with van der Waals surface area (Å²) in [5.41, 5.74) is 1.42. The minimum Gasteiger partial charge on any atom is -0.300 e. The number of carbonyl (C=O) groups is 1. The Morgan fingerprint density at radius 3 is 2.50 bits per heavy atom. The van der Waals surface area contributed by atoms with E-state index >= 15 is 0 Å². The van der Waals surface area contributed by atoms with Gasteiger partial charge in [-0.15, -0.1) is 23.5 Å². The lowest BCUT2D eigenvalue weighted by atomic mass is 9.97. The van der Waals surface area contributed by atoms with Crippen molar-refractivity contribution in [3.05, 3.63) is 9.81 Å². The number of rotatable bonds is 4. The van der Waals surface area contributed by atoms with Gasteiger partial charge in [-0.2, -0.15) is 0 Å². The van der Waals surface area contributed by atoms with Crippen LogP contribution in [0.25, 0.3) is 0 Å². The van der Waals surface area contributed by atoms with Crippen molar-refractivity contribution in [1.82, 2.24) is 0 Å². The molecule has 1 heterocycles. The summed E-state index contributed by atoms with van der Waals surface area (Å²) >= 11 is 3.89. The monoisotopic (exact) mass is 230 g/mol. The van der Waals surface area contributed by atoms with Crippen molar-refractivity contribution >= 4 is 29.3 Å². The molecule has 0 N–H and O–H groups in total. The molecule has 0 saturated carbocycles. The normalized spacial score (nSPS) is 18.4. The topological polar surface area (TPSA) is 17.1 Å². The third kappa shape index (κ3) is 3.35. The molecular formula is C11H18OS2. The molecule has 0 amide bonds. The van der Waals surface area contributed by atoms with Crippen LogP contribution in [-0.4, -0.2) is 17.3 Å². The van der Waals surface area contributed by atoms with Crippen LogP contribution >= 0.6 is 23.5 Å². The molecule has 1 nitrogen and oxygen atoms in total. The van der Waals surface area contributed by atoms with E-state index in [9.17, 15) is 4.79 Å². The van der Waals surface area contributed by atoms with Crippen molar-refractivity contribution in [3.8, 4) is 0 Å². The summed E-state index contributed by atoms with van der Waals surface area (Å²) in [6.45, 7) is 6.28. The van der Waals surface area contributed by atoms with E-state index in [1.165, 1.54) is 21.3 Å². The second kappa shape index (κ2) is 5.86. The molecule has 1 aliphatic heterocycles. The number of Topliss-reactive ketones (excluding diaryl/α,β-unsaturated/α-hetero) is 1. The van der Waals surface area contributed by atoms with Gasteiger partial charge in [-0.05, 0) is 12.8 Å². The van der Waals surface area contributed by atoms with Gasteiger partial charge >= 0.3 is 0 Å². The number of carbonyl (C=O) groups excluding carboxylic acids is 1. The highest BCUT2D eigenvalue weighted by molar-refractivity contribution is 8.25. The molecule has 0 spiro atoms. The third-order valence-electron chi connectivity index (χ3n) is 2.54. The van der Waals surface area contributed by atoms with Crippen LogP contribution < -0.4 is 0 Å². The van der Waals surface area contributed by atoms with Gasteiger partial charge in [0, 0.05) is 28.6 Å². The Bertz CT molecular complexity index is 238. The van der Waals surface area contributed by atoms with Crippen LogP contribution in [0.1, 0.15) is 33.6 Å². The molecule has 0 aliphatic carbocycles. The van der Waals surface area contributed by atoms with Crippen LogP contribution in [0.5, 0.6) is 0 Å². The van der Waals surface area contributed by atoms with E-state index in [4.69, 9.17) is 0 Å². The van der Waals surface area contributed by atoms with E-state index in [1.807, 2.05) is 30.4 Å². The van der Waals surface area contributed by atoms with Crippen LogP contribution in [0.2, 0.25) is 0 Å². The summed E-state index contributed by atoms with van der Waals surface area (Å²) in [6.07, 6.45) is 1.39. The van der Waals surface area contributed by atoms with Gasteiger partial charge in [0.1, 0.15) is 5.78 Å². The summed E-state index contributed by atoms with van der Waals surface area (Å²) in [4.78, 5) is 11.3. The molecule has 1 rings (SSSR count). The zero-order valence-corrected chi connectivity index (χ0v) is 10.8. The van der Waals surface area contributed by atoms with Gasteiger partial charge in [0.2, 0.25) is 0 Å². The smallest absolute Gasteiger partial charge is 0.133 e. The Labute approximate surface area is 95.1 Å². The Balaban J connectivity index is 2.54. The molecule has 0 aromatic rings. The second-order valence-electron chi connectivity index (χ2n) is 3.66. The predicted octanol–water partition coefficient (Wildman–Crippen LogP) is 3.70. The van der Waals surface area contributed by atoms with Gasteiger partial charge in [0.15, 0.2) is 0 Å². The first kappa shape index (κ1) is 12.2. The third-order valence-corrected chi connectivity index (χ3v) is 5.49. The number of allylic oxidation sites excluding steroid dienone is 1. The molecule has 0 aromatic heterocycles. The molecule has 1 unspecified atom stereocenters. The van der Waals surface area contributed by atoms with Gasteiger partial charge in [0.25, 0.3) is 0 Å². The quantitative estimate of drug-likeness (QED) is 0.733. The fourth-order valence-corrected chi connectivity index (χ4v) is 4.11. The SMILES string of the molecule is CCC(=O)CC(C)C(C)=C1SCCS1. The minimum absolute atomic E-state index is 0.380. The fourth-order valence-electron chi connectivity index (χ4n) is 1.38. The number of thioether (sulfide) groups is 2. The molecule has 0 bridgehead atoms. The summed E-state index contributed by atoms with van der Waals surface area (Å²) < 4.78 is 1.46. The van der Waals surface area contributed by atoms with Crippen LogP contribution in [0.15, 0.2) is 9.81 Å². The Kier molecular flexibility index (Phi) is 5.10. The molecule has 1 fully saturated rings. The number of hydrogen-bond donors (Lipinski definition) is 0. The van der Waals surface area contributed by atoms with Gasteiger partial charge in [-0.25, -0.2) is 0 Å². The maximum Gasteiger partial charge on any atom is 0.133 e. The van der Waals surface area contributed by atoms with E-state index < -0.39 is 0 Å². The van der Waals surface area contributed by atoms with Crippen molar-refractivity contribution in [2.24, 2.45) is 5.92 Å². The molecular weight excluding hydrogens is 212 g/mol. The van der Waals surface area contributed by atoms with Crippen molar-refractivity contribution in [1.29, 1.82) is 0 Å². The first-order valence-corrected chi connectivity index (χ1v) is 7.10. The largest absolute Gasteiger partial charge is 0.300 e. The fraction of sp³-hybridized carbons (Fsp3) is 0.727. The summed E-state index contributed by atoms with van der Waals surface area (Å²) in [5, 5.41) is 0. The van der Waals surface area contributed by atoms with Gasteiger partial charge in [-0.1, -0.05) is 19.4 Å². The average molecular weight is 230 g/mol. The molecule has 0 radical (unpaired) electrons. The van der Waals surface area contributed by atoms with Crippen molar-refractivity contribution in [3.63, 3.8) is 0 Å². The first-order valence-electron chi connectivity index (χ1n) is 5.13. The molecule has 80 valence electrons. The van der Waals surface area contributed by atoms with E-state index in [-0.39, 0.29) is 0 Å². The van der Waals surface area contributed by atoms with Crippen LogP contribution in [0.3, 0.4) is 0 Å². The maximum atomic E-state index is 11.3. The Hall–Kier alpha value is 0.110. The Morgan fingerprint density at radius 1 is 1.43 bits per heavy atom. The summed E-state index contributed by atoms with van der Waals surface area (Å²) in [7, 11) is 0. The predicted molar refractivity (Wildman–Crippen MR) is 66.7 cm³/mol. The highest BCUT2D eigenvalue weighted by atomic mass is 32.2. The van der Waals surface area contributed by atoms with Gasteiger partial charge in [-0.3, -0.25) is 4.79 Å². The Morgan fingerprint density at radius 2 is 2.00 bits per heavy atom. The van der Waals surface area contributed by atoms with Crippen molar-refractivity contribution in [2.45, 2.75) is 33.6 Å². The molecule has 14 heavy (non-hydrogen) atoms. The molecule has 1 saturated heterocycles. The maximum absolute atomic E-state index is 11.3. The summed E-state index contributed by atoms with van der Waals surface area (Å²) in [5.74, 6) is 3.26. The minimum atomic E-state index is 0.380. The average Bonchev–Trinajstić information content (AvgIpc) is 2.69. The highest BCUT2D eigenvalue weighted by Crippen LogP contribution is 2.40. The molecule has 3 heteroatoms. The second-order valence-corrected chi connectivity index (χ2v) is 6.13. The van der Waals surface area contributed by atoms with E-state index in [1.54, 1.807) is 0 Å². The number of ketones is 1. The summed E-state index contributed by atoms with van der Waals surface area (Å²) in [6, 6.07) is 0. The lowest BCUT2D eigenvalue weighted by molar-refractivity contribution is -0.119. The van der Waals surface area contributed by atoms with Crippen LogP contribution in [-0.2, 0) is 4.79 Å². The van der Waals surface area contributed by atoms with E-state index in [2.05, 4.69) is 13.8 Å². The van der Waals surface area contributed by atoms with Crippen molar-refractivity contribution in [2.75, 3.05) is 11.5 Å². The molecule has 1 aliphatic rings. The van der Waals surface area contributed by atoms with Crippen LogP contribution in [0.4, 0.5) is 0 Å².